The van der Waals surface area contributed by atoms with Gasteiger partial charge >= 0.3 is 0 Å². The number of nitrogens with zero attached hydrogens (tertiary/aromatic N) is 2. The van der Waals surface area contributed by atoms with Gasteiger partial charge in [-0.1, -0.05) is 48.0 Å². The van der Waals surface area contributed by atoms with Gasteiger partial charge in [-0.05, 0) is 76.1 Å². The molecule has 0 saturated carbocycles. The van der Waals surface area contributed by atoms with Crippen molar-refractivity contribution in [3.63, 3.8) is 0 Å². The summed E-state index contributed by atoms with van der Waals surface area (Å²) in [6, 6.07) is 19.7. The topological polar surface area (TPSA) is 86.8 Å². The fourth-order valence-electron chi connectivity index (χ4n) is 3.95. The average molecular weight is 540 g/mol. The van der Waals surface area contributed by atoms with Gasteiger partial charge in [0, 0.05) is 12.6 Å². The number of carbonyl (C=O) groups excluding carboxylic acids is 2. The molecule has 202 valence electrons. The van der Waals surface area contributed by atoms with Crippen molar-refractivity contribution in [3.05, 3.63) is 95.8 Å². The van der Waals surface area contributed by atoms with Crippen molar-refractivity contribution in [2.75, 3.05) is 17.4 Å². The molecule has 3 aromatic carbocycles. The van der Waals surface area contributed by atoms with Crippen LogP contribution in [0.4, 0.5) is 10.1 Å². The quantitative estimate of drug-likeness (QED) is 0.393. The summed E-state index contributed by atoms with van der Waals surface area (Å²) in [5.41, 5.74) is 2.00. The van der Waals surface area contributed by atoms with E-state index in [9.17, 15) is 22.4 Å². The van der Waals surface area contributed by atoms with Gasteiger partial charge in [-0.25, -0.2) is 12.8 Å². The number of aryl methyl sites for hydroxylation is 1. The van der Waals surface area contributed by atoms with E-state index in [1.165, 1.54) is 29.2 Å². The second-order valence-electron chi connectivity index (χ2n) is 9.46. The van der Waals surface area contributed by atoms with Crippen LogP contribution in [0.2, 0.25) is 0 Å². The molecule has 0 aliphatic rings. The van der Waals surface area contributed by atoms with Gasteiger partial charge in [0.25, 0.3) is 10.0 Å². The Balaban J connectivity index is 1.97. The summed E-state index contributed by atoms with van der Waals surface area (Å²) in [5, 5.41) is 2.82. The molecule has 0 aromatic heterocycles. The van der Waals surface area contributed by atoms with E-state index < -0.39 is 34.3 Å². The highest BCUT2D eigenvalue weighted by Crippen LogP contribution is 2.25. The minimum atomic E-state index is -4.18. The van der Waals surface area contributed by atoms with Gasteiger partial charge in [-0.15, -0.1) is 0 Å². The van der Waals surface area contributed by atoms with Crippen LogP contribution in [-0.2, 0) is 26.0 Å². The fraction of sp³-hybridized carbons (Fsp3) is 0.310. The van der Waals surface area contributed by atoms with Gasteiger partial charge < -0.3 is 10.2 Å². The number of sulfonamides is 1. The Morgan fingerprint density at radius 3 is 2.08 bits per heavy atom. The number of nitrogens with one attached hydrogen (secondary N) is 1. The van der Waals surface area contributed by atoms with Crippen LogP contribution in [0, 0.1) is 12.7 Å². The molecule has 1 N–H and O–H groups in total. The Hall–Kier alpha value is -3.72. The van der Waals surface area contributed by atoms with Crippen molar-refractivity contribution in [1.29, 1.82) is 0 Å². The molecule has 0 radical (unpaired) electrons. The monoisotopic (exact) mass is 539 g/mol. The van der Waals surface area contributed by atoms with Gasteiger partial charge in [-0.3, -0.25) is 13.9 Å². The Morgan fingerprint density at radius 2 is 1.50 bits per heavy atom. The Labute approximate surface area is 224 Å². The van der Waals surface area contributed by atoms with Crippen LogP contribution in [0.25, 0.3) is 0 Å². The summed E-state index contributed by atoms with van der Waals surface area (Å²) in [5.74, 6) is -1.42. The Kier molecular flexibility index (Phi) is 9.63. The minimum Gasteiger partial charge on any atom is -0.352 e. The summed E-state index contributed by atoms with van der Waals surface area (Å²) >= 11 is 0. The predicted molar refractivity (Wildman–Crippen MR) is 147 cm³/mol. The second kappa shape index (κ2) is 12.7. The first kappa shape index (κ1) is 28.8. The lowest BCUT2D eigenvalue weighted by Gasteiger charge is -2.32. The normalized spacial score (nSPS) is 12.2. The highest BCUT2D eigenvalue weighted by molar-refractivity contribution is 7.92. The van der Waals surface area contributed by atoms with Crippen molar-refractivity contribution >= 4 is 27.5 Å². The molecule has 0 unspecified atom stereocenters. The third-order valence-electron chi connectivity index (χ3n) is 6.08. The molecule has 3 rings (SSSR count). The standard InChI is InChI=1S/C29H34FN3O4S/c1-21(2)31-29(35)23(4)32(19-18-24-8-6-5-7-9-24)28(34)20-33(26-14-12-25(30)13-15-26)38(36,37)27-16-10-22(3)11-17-27/h5-17,21,23H,18-20H2,1-4H3,(H,31,35)/t23-/m1/s1. The SMILES string of the molecule is Cc1ccc(S(=O)(=O)N(CC(=O)N(CCc2ccccc2)[C@H](C)C(=O)NC(C)C)c2ccc(F)cc2)cc1. The second-order valence-corrected chi connectivity index (χ2v) is 11.3. The van der Waals surface area contributed by atoms with Gasteiger partial charge in [0.05, 0.1) is 10.6 Å². The fourth-order valence-corrected chi connectivity index (χ4v) is 5.36. The van der Waals surface area contributed by atoms with Crippen molar-refractivity contribution < 1.29 is 22.4 Å². The number of hydrogen-bond donors (Lipinski definition) is 1. The number of halogens is 1. The Bertz CT molecular complexity index is 1330. The molecule has 0 bridgehead atoms. The molecule has 0 aliphatic carbocycles. The Morgan fingerprint density at radius 1 is 0.895 bits per heavy atom. The molecular weight excluding hydrogens is 505 g/mol. The van der Waals surface area contributed by atoms with E-state index in [0.717, 1.165) is 27.6 Å². The number of rotatable bonds is 11. The van der Waals surface area contributed by atoms with E-state index >= 15 is 0 Å². The zero-order valence-corrected chi connectivity index (χ0v) is 22.9. The van der Waals surface area contributed by atoms with Gasteiger partial charge in [0.1, 0.15) is 18.4 Å². The van der Waals surface area contributed by atoms with E-state index in [2.05, 4.69) is 5.32 Å². The zero-order chi connectivity index (χ0) is 27.9. The molecule has 0 aliphatic heterocycles. The molecule has 0 fully saturated rings. The van der Waals surface area contributed by atoms with Crippen molar-refractivity contribution in [2.24, 2.45) is 0 Å². The van der Waals surface area contributed by atoms with Crippen LogP contribution in [-0.4, -0.2) is 50.3 Å². The lowest BCUT2D eigenvalue weighted by atomic mass is 10.1. The van der Waals surface area contributed by atoms with E-state index in [0.29, 0.717) is 6.42 Å². The van der Waals surface area contributed by atoms with Crippen LogP contribution in [0.1, 0.15) is 31.9 Å². The smallest absolute Gasteiger partial charge is 0.264 e. The van der Waals surface area contributed by atoms with Gasteiger partial charge in [-0.2, -0.15) is 0 Å². The molecule has 3 aromatic rings. The molecule has 0 heterocycles. The molecule has 9 heteroatoms. The molecule has 2 amide bonds. The van der Waals surface area contributed by atoms with Crippen molar-refractivity contribution in [3.8, 4) is 0 Å². The maximum absolute atomic E-state index is 13.7. The maximum atomic E-state index is 13.7. The summed E-state index contributed by atoms with van der Waals surface area (Å²) in [6.07, 6.45) is 0.479. The van der Waals surface area contributed by atoms with Crippen molar-refractivity contribution in [2.45, 2.75) is 51.1 Å². The first-order valence-corrected chi connectivity index (χ1v) is 13.9. The van der Waals surface area contributed by atoms with Gasteiger partial charge in [0.2, 0.25) is 11.8 Å². The van der Waals surface area contributed by atoms with E-state index in [4.69, 9.17) is 0 Å². The van der Waals surface area contributed by atoms with Crippen LogP contribution in [0.5, 0.6) is 0 Å². The van der Waals surface area contributed by atoms with Crippen LogP contribution >= 0.6 is 0 Å². The number of anilines is 1. The minimum absolute atomic E-state index is 0.00154. The molecule has 0 saturated heterocycles. The third kappa shape index (κ3) is 7.41. The number of benzene rings is 3. The number of amides is 2. The molecule has 1 atom stereocenters. The number of carbonyl (C=O) groups is 2. The average Bonchev–Trinajstić information content (AvgIpc) is 2.88. The maximum Gasteiger partial charge on any atom is 0.264 e. The van der Waals surface area contributed by atoms with E-state index in [1.807, 2.05) is 51.1 Å². The molecule has 7 nitrogen and oxygen atoms in total. The molecule has 38 heavy (non-hydrogen) atoms. The van der Waals surface area contributed by atoms with Crippen LogP contribution in [0.3, 0.4) is 0 Å². The van der Waals surface area contributed by atoms with Crippen LogP contribution < -0.4 is 9.62 Å². The number of hydrogen-bond acceptors (Lipinski definition) is 4. The zero-order valence-electron chi connectivity index (χ0n) is 22.1. The molecule has 0 spiro atoms. The summed E-state index contributed by atoms with van der Waals surface area (Å²) in [4.78, 5) is 28.0. The summed E-state index contributed by atoms with van der Waals surface area (Å²) in [6.45, 7) is 6.76. The largest absolute Gasteiger partial charge is 0.352 e. The third-order valence-corrected chi connectivity index (χ3v) is 7.87. The first-order valence-electron chi connectivity index (χ1n) is 12.5. The van der Waals surface area contributed by atoms with E-state index in [-0.39, 0.29) is 29.1 Å². The lowest BCUT2D eigenvalue weighted by molar-refractivity contribution is -0.139. The lowest BCUT2D eigenvalue weighted by Crippen LogP contribution is -2.53. The molecular formula is C29H34FN3O4S. The van der Waals surface area contributed by atoms with E-state index in [1.54, 1.807) is 19.1 Å². The van der Waals surface area contributed by atoms with Gasteiger partial charge in [0.15, 0.2) is 0 Å². The highest BCUT2D eigenvalue weighted by Gasteiger charge is 2.32. The first-order chi connectivity index (χ1) is 18.0. The summed E-state index contributed by atoms with van der Waals surface area (Å²) in [7, 11) is -4.18. The predicted octanol–water partition coefficient (Wildman–Crippen LogP) is 4.31. The van der Waals surface area contributed by atoms with Crippen molar-refractivity contribution in [1.82, 2.24) is 10.2 Å². The van der Waals surface area contributed by atoms with Crippen LogP contribution in [0.15, 0.2) is 83.8 Å². The summed E-state index contributed by atoms with van der Waals surface area (Å²) < 4.78 is 42.0. The highest BCUT2D eigenvalue weighted by atomic mass is 32.2.